The van der Waals surface area contributed by atoms with Gasteiger partial charge in [0.25, 0.3) is 0 Å². The lowest BCUT2D eigenvalue weighted by molar-refractivity contribution is 0.257. The summed E-state index contributed by atoms with van der Waals surface area (Å²) in [6, 6.07) is 0. The number of hydrogen-bond donors (Lipinski definition) is 2. The van der Waals surface area contributed by atoms with Crippen LogP contribution in [0.25, 0.3) is 0 Å². The molecule has 0 aromatic carbocycles. The standard InChI is InChI=1S/C11H26N2/c1-8-9(12-10(2,3)4)13-11(5,6)7/h9,12-13H,8H2,1-7H3. The van der Waals surface area contributed by atoms with Gasteiger partial charge in [0.05, 0.1) is 6.17 Å². The monoisotopic (exact) mass is 186 g/mol. The summed E-state index contributed by atoms with van der Waals surface area (Å²) in [5.41, 5.74) is 0.359. The Hall–Kier alpha value is -0.0800. The molecule has 0 radical (unpaired) electrons. The van der Waals surface area contributed by atoms with Crippen LogP contribution in [-0.4, -0.2) is 17.2 Å². The van der Waals surface area contributed by atoms with Gasteiger partial charge < -0.3 is 0 Å². The van der Waals surface area contributed by atoms with Gasteiger partial charge in [-0.15, -0.1) is 0 Å². The Bertz CT molecular complexity index is 123. The smallest absolute Gasteiger partial charge is 0.0576 e. The Morgan fingerprint density at radius 2 is 1.15 bits per heavy atom. The lowest BCUT2D eigenvalue weighted by Gasteiger charge is -2.33. The van der Waals surface area contributed by atoms with Crippen molar-refractivity contribution in [2.45, 2.75) is 72.1 Å². The molecule has 0 heterocycles. The summed E-state index contributed by atoms with van der Waals surface area (Å²) in [5.74, 6) is 0. The van der Waals surface area contributed by atoms with E-state index in [0.29, 0.717) is 6.17 Å². The van der Waals surface area contributed by atoms with E-state index in [1.54, 1.807) is 0 Å². The van der Waals surface area contributed by atoms with E-state index in [1.807, 2.05) is 0 Å². The van der Waals surface area contributed by atoms with Crippen LogP contribution in [0, 0.1) is 0 Å². The Morgan fingerprint density at radius 1 is 0.846 bits per heavy atom. The fourth-order valence-electron chi connectivity index (χ4n) is 1.29. The van der Waals surface area contributed by atoms with Gasteiger partial charge in [0, 0.05) is 11.1 Å². The van der Waals surface area contributed by atoms with E-state index in [4.69, 9.17) is 0 Å². The molecule has 0 aromatic heterocycles. The highest BCUT2D eigenvalue weighted by Crippen LogP contribution is 2.06. The van der Waals surface area contributed by atoms with Crippen molar-refractivity contribution in [3.63, 3.8) is 0 Å². The zero-order valence-corrected chi connectivity index (χ0v) is 10.3. The second-order valence-electron chi connectivity index (χ2n) is 5.75. The highest BCUT2D eigenvalue weighted by Gasteiger charge is 2.19. The minimum Gasteiger partial charge on any atom is -0.297 e. The zero-order chi connectivity index (χ0) is 10.7. The van der Waals surface area contributed by atoms with Gasteiger partial charge in [0.15, 0.2) is 0 Å². The summed E-state index contributed by atoms with van der Waals surface area (Å²) in [6.45, 7) is 15.4. The Morgan fingerprint density at radius 3 is 1.31 bits per heavy atom. The molecular formula is C11H26N2. The van der Waals surface area contributed by atoms with Gasteiger partial charge >= 0.3 is 0 Å². The molecule has 0 aromatic rings. The molecule has 0 aliphatic heterocycles. The molecule has 0 aliphatic rings. The first-order valence-electron chi connectivity index (χ1n) is 5.19. The summed E-state index contributed by atoms with van der Waals surface area (Å²) >= 11 is 0. The van der Waals surface area contributed by atoms with Crippen LogP contribution in [0.4, 0.5) is 0 Å². The molecule has 0 unspecified atom stereocenters. The van der Waals surface area contributed by atoms with Crippen LogP contribution >= 0.6 is 0 Å². The van der Waals surface area contributed by atoms with Crippen molar-refractivity contribution in [1.82, 2.24) is 10.6 Å². The third-order valence-corrected chi connectivity index (χ3v) is 1.62. The molecule has 0 bridgehead atoms. The van der Waals surface area contributed by atoms with Gasteiger partial charge in [-0.1, -0.05) is 6.92 Å². The molecule has 80 valence electrons. The van der Waals surface area contributed by atoms with E-state index >= 15 is 0 Å². The summed E-state index contributed by atoms with van der Waals surface area (Å²) < 4.78 is 0. The van der Waals surface area contributed by atoms with Crippen LogP contribution in [0.1, 0.15) is 54.9 Å². The van der Waals surface area contributed by atoms with Crippen molar-refractivity contribution in [3.8, 4) is 0 Å². The second-order valence-corrected chi connectivity index (χ2v) is 5.75. The fourth-order valence-corrected chi connectivity index (χ4v) is 1.29. The van der Waals surface area contributed by atoms with Gasteiger partial charge in [0.1, 0.15) is 0 Å². The van der Waals surface area contributed by atoms with Gasteiger partial charge in [-0.2, -0.15) is 0 Å². The predicted octanol–water partition coefficient (Wildman–Crippen LogP) is 2.50. The van der Waals surface area contributed by atoms with Crippen LogP contribution in [0.15, 0.2) is 0 Å². The molecule has 2 heteroatoms. The van der Waals surface area contributed by atoms with Gasteiger partial charge in [0.2, 0.25) is 0 Å². The minimum atomic E-state index is 0.179. The molecule has 2 nitrogen and oxygen atoms in total. The quantitative estimate of drug-likeness (QED) is 0.662. The maximum Gasteiger partial charge on any atom is 0.0576 e. The first-order valence-corrected chi connectivity index (χ1v) is 5.19. The molecule has 0 saturated heterocycles. The molecule has 0 spiro atoms. The van der Waals surface area contributed by atoms with Gasteiger partial charge in [-0.05, 0) is 48.0 Å². The molecule has 13 heavy (non-hydrogen) atoms. The molecule has 0 saturated carbocycles. The number of nitrogens with one attached hydrogen (secondary N) is 2. The third-order valence-electron chi connectivity index (χ3n) is 1.62. The molecule has 0 amide bonds. The van der Waals surface area contributed by atoms with Crippen LogP contribution in [0.2, 0.25) is 0 Å². The van der Waals surface area contributed by atoms with E-state index in [0.717, 1.165) is 6.42 Å². The first-order chi connectivity index (χ1) is 5.64. The maximum atomic E-state index is 3.55. The second kappa shape index (κ2) is 4.43. The summed E-state index contributed by atoms with van der Waals surface area (Å²) in [5, 5.41) is 7.10. The first kappa shape index (κ1) is 12.9. The highest BCUT2D eigenvalue weighted by atomic mass is 15.2. The maximum absolute atomic E-state index is 3.55. The van der Waals surface area contributed by atoms with E-state index < -0.39 is 0 Å². The van der Waals surface area contributed by atoms with Crippen LogP contribution in [0.5, 0.6) is 0 Å². The highest BCUT2D eigenvalue weighted by molar-refractivity contribution is 4.81. The van der Waals surface area contributed by atoms with E-state index in [1.165, 1.54) is 0 Å². The summed E-state index contributed by atoms with van der Waals surface area (Å²) in [7, 11) is 0. The van der Waals surface area contributed by atoms with E-state index in [9.17, 15) is 0 Å². The SMILES string of the molecule is CCC(NC(C)(C)C)NC(C)(C)C. The zero-order valence-electron chi connectivity index (χ0n) is 10.3. The largest absolute Gasteiger partial charge is 0.297 e. The fraction of sp³-hybridized carbons (Fsp3) is 1.00. The van der Waals surface area contributed by atoms with E-state index in [2.05, 4.69) is 59.1 Å². The molecule has 0 fully saturated rings. The van der Waals surface area contributed by atoms with Crippen LogP contribution in [-0.2, 0) is 0 Å². The van der Waals surface area contributed by atoms with Crippen molar-refractivity contribution in [2.24, 2.45) is 0 Å². The average Bonchev–Trinajstić information content (AvgIpc) is 1.79. The topological polar surface area (TPSA) is 24.1 Å². The minimum absolute atomic E-state index is 0.179. The van der Waals surface area contributed by atoms with Crippen molar-refractivity contribution in [3.05, 3.63) is 0 Å². The molecule has 0 atom stereocenters. The Balaban J connectivity index is 4.05. The number of rotatable bonds is 3. The molecule has 0 aliphatic carbocycles. The van der Waals surface area contributed by atoms with Gasteiger partial charge in [-0.3, -0.25) is 10.6 Å². The molecule has 2 N–H and O–H groups in total. The average molecular weight is 186 g/mol. The van der Waals surface area contributed by atoms with E-state index in [-0.39, 0.29) is 11.1 Å². The summed E-state index contributed by atoms with van der Waals surface area (Å²) in [6.07, 6.45) is 1.51. The van der Waals surface area contributed by atoms with Crippen molar-refractivity contribution in [2.75, 3.05) is 0 Å². The normalized spacial score (nSPS) is 13.8. The van der Waals surface area contributed by atoms with Crippen LogP contribution in [0.3, 0.4) is 0 Å². The number of hydrogen-bond acceptors (Lipinski definition) is 2. The van der Waals surface area contributed by atoms with Crippen molar-refractivity contribution < 1.29 is 0 Å². The predicted molar refractivity (Wildman–Crippen MR) is 59.9 cm³/mol. The van der Waals surface area contributed by atoms with Gasteiger partial charge in [-0.25, -0.2) is 0 Å². The Kier molecular flexibility index (Phi) is 4.40. The Labute approximate surface area is 83.5 Å². The lowest BCUT2D eigenvalue weighted by atomic mass is 10.1. The summed E-state index contributed by atoms with van der Waals surface area (Å²) in [4.78, 5) is 0. The lowest BCUT2D eigenvalue weighted by Crippen LogP contribution is -2.55. The van der Waals surface area contributed by atoms with Crippen molar-refractivity contribution >= 4 is 0 Å². The third kappa shape index (κ3) is 8.26. The van der Waals surface area contributed by atoms with Crippen molar-refractivity contribution in [1.29, 1.82) is 0 Å². The molecule has 0 rings (SSSR count). The molecular weight excluding hydrogens is 160 g/mol. The van der Waals surface area contributed by atoms with Crippen LogP contribution < -0.4 is 10.6 Å².